The number of hydrogen-bond acceptors (Lipinski definition) is 2. The smallest absolute Gasteiger partial charge is 0.233 e. The maximum absolute atomic E-state index is 11.5. The van der Waals surface area contributed by atoms with Crippen LogP contribution in [-0.2, 0) is 4.79 Å². The topological polar surface area (TPSA) is 49.3 Å². The van der Waals surface area contributed by atoms with Crippen LogP contribution in [0.4, 0.5) is 0 Å². The molecule has 0 aromatic heterocycles. The van der Waals surface area contributed by atoms with E-state index in [1.54, 1.807) is 0 Å². The number of halogens is 1. The minimum atomic E-state index is -0.0773. The van der Waals surface area contributed by atoms with Gasteiger partial charge in [-0.05, 0) is 31.1 Å². The molecule has 3 unspecified atom stereocenters. The summed E-state index contributed by atoms with van der Waals surface area (Å²) in [4.78, 5) is 11.4. The van der Waals surface area contributed by atoms with Gasteiger partial charge >= 0.3 is 0 Å². The van der Waals surface area contributed by atoms with Crippen molar-refractivity contribution in [1.82, 2.24) is 5.32 Å². The maximum Gasteiger partial charge on any atom is 0.233 e. The Morgan fingerprint density at radius 1 is 1.53 bits per heavy atom. The molecule has 0 heterocycles. The van der Waals surface area contributed by atoms with E-state index in [1.807, 2.05) is 6.92 Å². The summed E-state index contributed by atoms with van der Waals surface area (Å²) < 4.78 is 0. The van der Waals surface area contributed by atoms with Gasteiger partial charge in [-0.15, -0.1) is 0 Å². The van der Waals surface area contributed by atoms with Crippen LogP contribution < -0.4 is 5.32 Å². The van der Waals surface area contributed by atoms with Gasteiger partial charge in [0.1, 0.15) is 0 Å². The highest BCUT2D eigenvalue weighted by atomic mass is 79.9. The molecule has 1 aliphatic rings. The Morgan fingerprint density at radius 2 is 2.20 bits per heavy atom. The molecule has 3 nitrogen and oxygen atoms in total. The quantitative estimate of drug-likeness (QED) is 0.752. The Morgan fingerprint density at radius 3 is 2.80 bits per heavy atom. The number of amides is 1. The molecule has 1 aliphatic carbocycles. The normalized spacial score (nSPS) is 27.7. The van der Waals surface area contributed by atoms with Gasteiger partial charge in [-0.3, -0.25) is 4.79 Å². The molecule has 0 aliphatic heterocycles. The van der Waals surface area contributed by atoms with Crippen molar-refractivity contribution in [2.45, 2.75) is 37.4 Å². The predicted molar refractivity (Wildman–Crippen MR) is 63.9 cm³/mol. The highest BCUT2D eigenvalue weighted by Gasteiger charge is 2.27. The molecule has 15 heavy (non-hydrogen) atoms. The van der Waals surface area contributed by atoms with Crippen molar-refractivity contribution < 1.29 is 9.90 Å². The Labute approximate surface area is 99.8 Å². The van der Waals surface area contributed by atoms with Gasteiger partial charge in [0.2, 0.25) is 5.91 Å². The van der Waals surface area contributed by atoms with E-state index in [2.05, 4.69) is 21.2 Å². The summed E-state index contributed by atoms with van der Waals surface area (Å²) >= 11 is 3.32. The van der Waals surface area contributed by atoms with E-state index < -0.39 is 0 Å². The lowest BCUT2D eigenvalue weighted by molar-refractivity contribution is -0.120. The molecule has 88 valence electrons. The average molecular weight is 278 g/mol. The van der Waals surface area contributed by atoms with Gasteiger partial charge in [-0.2, -0.15) is 0 Å². The first-order valence-corrected chi connectivity index (χ1v) is 6.63. The van der Waals surface area contributed by atoms with E-state index >= 15 is 0 Å². The second-order valence-electron chi connectivity index (χ2n) is 4.25. The Hall–Kier alpha value is -0.0900. The molecule has 1 amide bonds. The minimum Gasteiger partial charge on any atom is -0.396 e. The molecule has 1 rings (SSSR count). The van der Waals surface area contributed by atoms with Gasteiger partial charge in [-0.1, -0.05) is 29.3 Å². The molecule has 0 aromatic carbocycles. The lowest BCUT2D eigenvalue weighted by Crippen LogP contribution is -2.36. The zero-order chi connectivity index (χ0) is 11.3. The maximum atomic E-state index is 11.5. The molecule has 0 saturated heterocycles. The second kappa shape index (κ2) is 6.48. The summed E-state index contributed by atoms with van der Waals surface area (Å²) in [6, 6.07) is 0. The molecule has 0 aromatic rings. The largest absolute Gasteiger partial charge is 0.396 e. The zero-order valence-electron chi connectivity index (χ0n) is 9.21. The lowest BCUT2D eigenvalue weighted by Gasteiger charge is -2.18. The van der Waals surface area contributed by atoms with Crippen molar-refractivity contribution in [2.24, 2.45) is 11.8 Å². The predicted octanol–water partition coefficient (Wildman–Crippen LogP) is 1.68. The van der Waals surface area contributed by atoms with Crippen LogP contribution in [0.25, 0.3) is 0 Å². The van der Waals surface area contributed by atoms with Crippen LogP contribution in [0.5, 0.6) is 0 Å². The summed E-state index contributed by atoms with van der Waals surface area (Å²) in [5.74, 6) is 0.928. The van der Waals surface area contributed by atoms with Gasteiger partial charge in [0, 0.05) is 13.2 Å². The third-order valence-corrected chi connectivity index (χ3v) is 4.30. The van der Waals surface area contributed by atoms with Crippen molar-refractivity contribution in [2.75, 3.05) is 13.2 Å². The van der Waals surface area contributed by atoms with E-state index in [0.29, 0.717) is 18.4 Å². The van der Waals surface area contributed by atoms with Crippen molar-refractivity contribution in [3.05, 3.63) is 0 Å². The molecular formula is C11H20BrNO2. The third-order valence-electron chi connectivity index (χ3n) is 3.23. The molecule has 1 fully saturated rings. The van der Waals surface area contributed by atoms with Crippen LogP contribution in [0, 0.1) is 11.8 Å². The SMILES string of the molecule is CCC(Br)C(=O)NCC1CCCC1CO. The van der Waals surface area contributed by atoms with Crippen LogP contribution in [0.15, 0.2) is 0 Å². The Kier molecular flexibility index (Phi) is 5.61. The molecule has 0 bridgehead atoms. The van der Waals surface area contributed by atoms with Crippen LogP contribution in [-0.4, -0.2) is 29.0 Å². The summed E-state index contributed by atoms with van der Waals surface area (Å²) in [6.07, 6.45) is 4.21. The molecule has 1 saturated carbocycles. The van der Waals surface area contributed by atoms with Gasteiger partial charge in [0.15, 0.2) is 0 Å². The van der Waals surface area contributed by atoms with Crippen molar-refractivity contribution in [3.8, 4) is 0 Å². The van der Waals surface area contributed by atoms with Gasteiger partial charge < -0.3 is 10.4 Å². The molecule has 3 atom stereocenters. The number of rotatable bonds is 5. The molecular weight excluding hydrogens is 258 g/mol. The number of nitrogens with one attached hydrogen (secondary N) is 1. The fourth-order valence-electron chi connectivity index (χ4n) is 2.15. The monoisotopic (exact) mass is 277 g/mol. The van der Waals surface area contributed by atoms with E-state index in [-0.39, 0.29) is 17.3 Å². The number of carbonyl (C=O) groups excluding carboxylic acids is 1. The summed E-state index contributed by atoms with van der Waals surface area (Å²) in [6.45, 7) is 2.95. The zero-order valence-corrected chi connectivity index (χ0v) is 10.8. The highest BCUT2D eigenvalue weighted by Crippen LogP contribution is 2.30. The third kappa shape index (κ3) is 3.76. The number of aliphatic hydroxyl groups is 1. The molecule has 0 spiro atoms. The van der Waals surface area contributed by atoms with Gasteiger partial charge in [-0.25, -0.2) is 0 Å². The summed E-state index contributed by atoms with van der Waals surface area (Å²) in [5, 5.41) is 12.1. The summed E-state index contributed by atoms with van der Waals surface area (Å²) in [7, 11) is 0. The lowest BCUT2D eigenvalue weighted by atomic mass is 9.97. The van der Waals surface area contributed by atoms with Crippen LogP contribution >= 0.6 is 15.9 Å². The van der Waals surface area contributed by atoms with Crippen molar-refractivity contribution >= 4 is 21.8 Å². The van der Waals surface area contributed by atoms with Crippen LogP contribution in [0.3, 0.4) is 0 Å². The fraction of sp³-hybridized carbons (Fsp3) is 0.909. The van der Waals surface area contributed by atoms with Gasteiger partial charge in [0.25, 0.3) is 0 Å². The van der Waals surface area contributed by atoms with E-state index in [9.17, 15) is 4.79 Å². The molecule has 2 N–H and O–H groups in total. The first-order chi connectivity index (χ1) is 7.19. The van der Waals surface area contributed by atoms with Crippen LogP contribution in [0.2, 0.25) is 0 Å². The first kappa shape index (κ1) is 13.0. The van der Waals surface area contributed by atoms with Crippen molar-refractivity contribution in [3.63, 3.8) is 0 Å². The fourth-order valence-corrected chi connectivity index (χ4v) is 2.31. The minimum absolute atomic E-state index is 0.0705. The standard InChI is InChI=1S/C11H20BrNO2/c1-2-10(12)11(15)13-6-8-4-3-5-9(8)7-14/h8-10,14H,2-7H2,1H3,(H,13,15). The number of alkyl halides is 1. The van der Waals surface area contributed by atoms with E-state index in [0.717, 1.165) is 19.3 Å². The second-order valence-corrected chi connectivity index (χ2v) is 5.36. The van der Waals surface area contributed by atoms with Gasteiger partial charge in [0.05, 0.1) is 4.83 Å². The molecule has 0 radical (unpaired) electrons. The number of hydrogen-bond donors (Lipinski definition) is 2. The van der Waals surface area contributed by atoms with E-state index in [4.69, 9.17) is 5.11 Å². The Balaban J connectivity index is 2.27. The Bertz CT molecular complexity index is 211. The molecule has 4 heteroatoms. The number of aliphatic hydroxyl groups excluding tert-OH is 1. The first-order valence-electron chi connectivity index (χ1n) is 5.71. The average Bonchev–Trinajstić information content (AvgIpc) is 2.71. The van der Waals surface area contributed by atoms with Crippen LogP contribution in [0.1, 0.15) is 32.6 Å². The number of carbonyl (C=O) groups is 1. The summed E-state index contributed by atoms with van der Waals surface area (Å²) in [5.41, 5.74) is 0. The highest BCUT2D eigenvalue weighted by molar-refractivity contribution is 9.10. The van der Waals surface area contributed by atoms with E-state index in [1.165, 1.54) is 6.42 Å². The van der Waals surface area contributed by atoms with Crippen molar-refractivity contribution in [1.29, 1.82) is 0 Å².